The minimum atomic E-state index is -0.464. The average Bonchev–Trinajstić information content (AvgIpc) is 2.30. The Hall–Kier alpha value is -1.23. The number of esters is 1. The quantitative estimate of drug-likeness (QED) is 0.500. The van der Waals surface area contributed by atoms with Crippen LogP contribution in [-0.2, 0) is 9.53 Å². The van der Waals surface area contributed by atoms with Gasteiger partial charge >= 0.3 is 5.97 Å². The van der Waals surface area contributed by atoms with E-state index in [0.29, 0.717) is 17.9 Å². The molecule has 0 saturated carbocycles. The van der Waals surface area contributed by atoms with Crippen LogP contribution >= 0.6 is 11.8 Å². The number of carbonyl (C=O) groups is 1. The maximum absolute atomic E-state index is 13.2. The van der Waals surface area contributed by atoms with Gasteiger partial charge in [-0.3, -0.25) is 4.79 Å². The fraction of sp³-hybridized carbons (Fsp3) is 0.417. The zero-order chi connectivity index (χ0) is 12.8. The van der Waals surface area contributed by atoms with Gasteiger partial charge in [-0.15, -0.1) is 11.8 Å². The number of carbonyl (C=O) groups excluding carboxylic acids is 1. The van der Waals surface area contributed by atoms with Gasteiger partial charge in [0.2, 0.25) is 0 Å². The summed E-state index contributed by atoms with van der Waals surface area (Å²) in [7, 11) is 0. The van der Waals surface area contributed by atoms with Gasteiger partial charge in [0.15, 0.2) is 0 Å². The second-order valence-electron chi connectivity index (χ2n) is 3.45. The van der Waals surface area contributed by atoms with E-state index in [1.54, 1.807) is 13.0 Å². The van der Waals surface area contributed by atoms with E-state index in [4.69, 9.17) is 10.5 Å². The molecule has 1 aromatic rings. The Bertz CT molecular complexity index is 398. The largest absolute Gasteiger partial charge is 0.465 e. The summed E-state index contributed by atoms with van der Waals surface area (Å²) in [6, 6.07) is 4.53. The van der Waals surface area contributed by atoms with Crippen molar-refractivity contribution in [2.45, 2.75) is 30.4 Å². The first-order valence-electron chi connectivity index (χ1n) is 5.46. The van der Waals surface area contributed by atoms with E-state index in [0.717, 1.165) is 0 Å². The summed E-state index contributed by atoms with van der Waals surface area (Å²) in [5.41, 5.74) is 5.49. The second-order valence-corrected chi connectivity index (χ2v) is 4.73. The Morgan fingerprint density at radius 3 is 2.76 bits per heavy atom. The normalized spacial score (nSPS) is 12.2. The lowest BCUT2D eigenvalue weighted by Gasteiger charge is -2.13. The summed E-state index contributed by atoms with van der Waals surface area (Å²) in [6.07, 6.45) is 0.634. The number of nitrogen functional groups attached to an aromatic ring is 1. The van der Waals surface area contributed by atoms with Crippen LogP contribution in [0.2, 0.25) is 0 Å². The summed E-state index contributed by atoms with van der Waals surface area (Å²) in [5, 5.41) is -0.307. The molecule has 1 atom stereocenters. The van der Waals surface area contributed by atoms with Gasteiger partial charge in [0, 0.05) is 4.90 Å². The van der Waals surface area contributed by atoms with E-state index in [-0.39, 0.29) is 16.9 Å². The van der Waals surface area contributed by atoms with E-state index in [1.807, 2.05) is 6.92 Å². The van der Waals surface area contributed by atoms with Crippen LogP contribution in [0.4, 0.5) is 10.1 Å². The molecular weight excluding hydrogens is 241 g/mol. The van der Waals surface area contributed by atoms with Gasteiger partial charge < -0.3 is 10.5 Å². The number of rotatable bonds is 5. The van der Waals surface area contributed by atoms with Gasteiger partial charge in [0.05, 0.1) is 12.3 Å². The first-order valence-corrected chi connectivity index (χ1v) is 6.34. The monoisotopic (exact) mass is 257 g/mol. The number of ether oxygens (including phenoxy) is 1. The lowest BCUT2D eigenvalue weighted by atomic mass is 10.3. The number of halogens is 1. The summed E-state index contributed by atoms with van der Waals surface area (Å²) < 4.78 is 18.2. The van der Waals surface area contributed by atoms with Gasteiger partial charge in [0.1, 0.15) is 11.1 Å². The molecule has 0 amide bonds. The van der Waals surface area contributed by atoms with Crippen LogP contribution in [0, 0.1) is 5.82 Å². The van der Waals surface area contributed by atoms with Crippen molar-refractivity contribution in [1.82, 2.24) is 0 Å². The predicted molar refractivity (Wildman–Crippen MR) is 67.4 cm³/mol. The Balaban J connectivity index is 2.73. The number of thioether (sulfide) groups is 1. The van der Waals surface area contributed by atoms with Crippen molar-refractivity contribution in [3.05, 3.63) is 24.0 Å². The minimum absolute atomic E-state index is 0.110. The summed E-state index contributed by atoms with van der Waals surface area (Å²) >= 11 is 1.29. The lowest BCUT2D eigenvalue weighted by molar-refractivity contribution is -0.142. The minimum Gasteiger partial charge on any atom is -0.465 e. The molecule has 0 aromatic heterocycles. The standard InChI is InChI=1S/C12H16FNO2S/c1-3-11(12(15)16-4-2)17-8-5-6-10(14)9(13)7-8/h5-7,11H,3-4,14H2,1-2H3. The molecule has 0 aliphatic heterocycles. The van der Waals surface area contributed by atoms with Gasteiger partial charge in [-0.05, 0) is 31.5 Å². The molecule has 0 heterocycles. The van der Waals surface area contributed by atoms with Crippen molar-refractivity contribution in [2.24, 2.45) is 0 Å². The van der Waals surface area contributed by atoms with Crippen LogP contribution in [0.15, 0.2) is 23.1 Å². The molecule has 0 bridgehead atoms. The molecular formula is C12H16FNO2S. The molecule has 3 nitrogen and oxygen atoms in total. The molecule has 0 aliphatic carbocycles. The fourth-order valence-electron chi connectivity index (χ4n) is 1.28. The van der Waals surface area contributed by atoms with Crippen molar-refractivity contribution in [3.8, 4) is 0 Å². The fourth-order valence-corrected chi connectivity index (χ4v) is 2.26. The van der Waals surface area contributed by atoms with Crippen LogP contribution < -0.4 is 5.73 Å². The van der Waals surface area contributed by atoms with Crippen molar-refractivity contribution in [1.29, 1.82) is 0 Å². The molecule has 0 radical (unpaired) electrons. The summed E-state index contributed by atoms with van der Waals surface area (Å²) in [5.74, 6) is -0.731. The van der Waals surface area contributed by atoms with Gasteiger partial charge in [-0.25, -0.2) is 4.39 Å². The number of anilines is 1. The Labute approximate surface area is 105 Å². The zero-order valence-electron chi connectivity index (χ0n) is 9.90. The molecule has 17 heavy (non-hydrogen) atoms. The molecule has 5 heteroatoms. The third-order valence-electron chi connectivity index (χ3n) is 2.17. The molecule has 94 valence electrons. The summed E-state index contributed by atoms with van der Waals surface area (Å²) in [6.45, 7) is 4.01. The van der Waals surface area contributed by atoms with Gasteiger partial charge in [0.25, 0.3) is 0 Å². The van der Waals surface area contributed by atoms with Gasteiger partial charge in [-0.1, -0.05) is 6.92 Å². The number of benzene rings is 1. The smallest absolute Gasteiger partial charge is 0.319 e. The van der Waals surface area contributed by atoms with E-state index in [9.17, 15) is 9.18 Å². The maximum atomic E-state index is 13.2. The molecule has 0 fully saturated rings. The van der Waals surface area contributed by atoms with E-state index in [1.165, 1.54) is 23.9 Å². The van der Waals surface area contributed by atoms with Crippen molar-refractivity contribution < 1.29 is 13.9 Å². The number of hydrogen-bond acceptors (Lipinski definition) is 4. The highest BCUT2D eigenvalue weighted by atomic mass is 32.2. The Morgan fingerprint density at radius 1 is 1.53 bits per heavy atom. The van der Waals surface area contributed by atoms with Gasteiger partial charge in [-0.2, -0.15) is 0 Å². The third-order valence-corrected chi connectivity index (χ3v) is 3.51. The third kappa shape index (κ3) is 3.93. The Morgan fingerprint density at radius 2 is 2.24 bits per heavy atom. The van der Waals surface area contributed by atoms with Crippen LogP contribution in [0.5, 0.6) is 0 Å². The molecule has 1 rings (SSSR count). The summed E-state index contributed by atoms with van der Waals surface area (Å²) in [4.78, 5) is 12.2. The second kappa shape index (κ2) is 6.49. The predicted octanol–water partition coefficient (Wildman–Crippen LogP) is 2.84. The van der Waals surface area contributed by atoms with Crippen molar-refractivity contribution in [2.75, 3.05) is 12.3 Å². The van der Waals surface area contributed by atoms with Crippen LogP contribution in [0.25, 0.3) is 0 Å². The first kappa shape index (κ1) is 13.8. The van der Waals surface area contributed by atoms with Crippen LogP contribution in [0.3, 0.4) is 0 Å². The number of hydrogen-bond donors (Lipinski definition) is 1. The SMILES string of the molecule is CCOC(=O)C(CC)Sc1ccc(N)c(F)c1. The van der Waals surface area contributed by atoms with E-state index in [2.05, 4.69) is 0 Å². The average molecular weight is 257 g/mol. The van der Waals surface area contributed by atoms with Crippen LogP contribution in [-0.4, -0.2) is 17.8 Å². The molecule has 0 spiro atoms. The van der Waals surface area contributed by atoms with Crippen LogP contribution in [0.1, 0.15) is 20.3 Å². The molecule has 1 aromatic carbocycles. The molecule has 2 N–H and O–H groups in total. The van der Waals surface area contributed by atoms with Crippen molar-refractivity contribution in [3.63, 3.8) is 0 Å². The highest BCUT2D eigenvalue weighted by Gasteiger charge is 2.19. The first-order chi connectivity index (χ1) is 8.08. The topological polar surface area (TPSA) is 52.3 Å². The highest BCUT2D eigenvalue weighted by Crippen LogP contribution is 2.28. The molecule has 0 saturated heterocycles. The molecule has 1 unspecified atom stereocenters. The lowest BCUT2D eigenvalue weighted by Crippen LogP contribution is -2.19. The molecule has 0 aliphatic rings. The maximum Gasteiger partial charge on any atom is 0.319 e. The van der Waals surface area contributed by atoms with Crippen molar-refractivity contribution >= 4 is 23.4 Å². The van der Waals surface area contributed by atoms with E-state index >= 15 is 0 Å². The number of nitrogens with two attached hydrogens (primary N) is 1. The van der Waals surface area contributed by atoms with E-state index < -0.39 is 5.82 Å². The zero-order valence-corrected chi connectivity index (χ0v) is 10.7. The highest BCUT2D eigenvalue weighted by molar-refractivity contribution is 8.00. The Kier molecular flexibility index (Phi) is 5.28.